The Morgan fingerprint density at radius 3 is 2.83 bits per heavy atom. The van der Waals surface area contributed by atoms with Crippen LogP contribution in [0.5, 0.6) is 0 Å². The lowest BCUT2D eigenvalue weighted by atomic mass is 10.2. The minimum absolute atomic E-state index is 0.713. The van der Waals surface area contributed by atoms with Crippen LogP contribution in [0.4, 0.5) is 5.82 Å². The third-order valence-electron chi connectivity index (χ3n) is 3.62. The number of nitrogens with one attached hydrogen (secondary N) is 1. The SMILES string of the molecule is Cc1ccc(-n2ncc3c(NCCN(C)C)ncnc32)cc1Cl. The molecule has 3 aromatic rings. The summed E-state index contributed by atoms with van der Waals surface area (Å²) in [7, 11) is 4.08. The van der Waals surface area contributed by atoms with E-state index in [1.807, 2.05) is 39.2 Å². The molecule has 2 heterocycles. The number of halogens is 1. The zero-order valence-corrected chi connectivity index (χ0v) is 14.2. The van der Waals surface area contributed by atoms with Crippen molar-refractivity contribution in [2.24, 2.45) is 0 Å². The van der Waals surface area contributed by atoms with Gasteiger partial charge < -0.3 is 10.2 Å². The Balaban J connectivity index is 1.96. The van der Waals surface area contributed by atoms with Crippen LogP contribution in [0, 0.1) is 6.92 Å². The van der Waals surface area contributed by atoms with Crippen molar-refractivity contribution in [3.05, 3.63) is 41.3 Å². The number of fused-ring (bicyclic) bond motifs is 1. The number of nitrogens with zero attached hydrogens (tertiary/aromatic N) is 5. The summed E-state index contributed by atoms with van der Waals surface area (Å²) in [5.41, 5.74) is 2.67. The molecule has 7 heteroatoms. The molecule has 0 radical (unpaired) electrons. The fraction of sp³-hybridized carbons (Fsp3) is 0.312. The Morgan fingerprint density at radius 1 is 1.26 bits per heavy atom. The monoisotopic (exact) mass is 330 g/mol. The lowest BCUT2D eigenvalue weighted by molar-refractivity contribution is 0.425. The van der Waals surface area contributed by atoms with Crippen molar-refractivity contribution in [2.75, 3.05) is 32.5 Å². The highest BCUT2D eigenvalue weighted by molar-refractivity contribution is 6.31. The highest BCUT2D eigenvalue weighted by Gasteiger charge is 2.11. The van der Waals surface area contributed by atoms with Crippen LogP contribution in [0.25, 0.3) is 16.7 Å². The first-order valence-electron chi connectivity index (χ1n) is 7.40. The van der Waals surface area contributed by atoms with Gasteiger partial charge in [-0.15, -0.1) is 0 Å². The average Bonchev–Trinajstić information content (AvgIpc) is 2.94. The fourth-order valence-electron chi connectivity index (χ4n) is 2.29. The lowest BCUT2D eigenvalue weighted by Gasteiger charge is -2.11. The third kappa shape index (κ3) is 3.28. The van der Waals surface area contributed by atoms with Crippen molar-refractivity contribution in [3.63, 3.8) is 0 Å². The molecule has 0 saturated carbocycles. The molecule has 0 saturated heterocycles. The van der Waals surface area contributed by atoms with Crippen LogP contribution < -0.4 is 5.32 Å². The van der Waals surface area contributed by atoms with E-state index >= 15 is 0 Å². The van der Waals surface area contributed by atoms with Gasteiger partial charge in [0, 0.05) is 18.1 Å². The summed E-state index contributed by atoms with van der Waals surface area (Å²) in [6.07, 6.45) is 3.33. The van der Waals surface area contributed by atoms with Gasteiger partial charge in [0.2, 0.25) is 0 Å². The van der Waals surface area contributed by atoms with Crippen LogP contribution >= 0.6 is 11.6 Å². The van der Waals surface area contributed by atoms with E-state index in [2.05, 4.69) is 25.3 Å². The van der Waals surface area contributed by atoms with Crippen LogP contribution in [0.3, 0.4) is 0 Å². The van der Waals surface area contributed by atoms with Gasteiger partial charge in [0.1, 0.15) is 12.1 Å². The molecule has 1 N–H and O–H groups in total. The number of likely N-dealkylation sites (N-methyl/N-ethyl adjacent to an activating group) is 1. The van der Waals surface area contributed by atoms with Crippen molar-refractivity contribution in [2.45, 2.75) is 6.92 Å². The topological polar surface area (TPSA) is 58.9 Å². The summed E-state index contributed by atoms with van der Waals surface area (Å²) in [6, 6.07) is 5.85. The molecule has 0 spiro atoms. The van der Waals surface area contributed by atoms with E-state index in [1.165, 1.54) is 0 Å². The van der Waals surface area contributed by atoms with Gasteiger partial charge in [-0.25, -0.2) is 14.6 Å². The van der Waals surface area contributed by atoms with Crippen LogP contribution in [-0.2, 0) is 0 Å². The van der Waals surface area contributed by atoms with Gasteiger partial charge in [0.15, 0.2) is 5.65 Å². The number of rotatable bonds is 5. The molecule has 120 valence electrons. The molecule has 0 aliphatic rings. The van der Waals surface area contributed by atoms with Gasteiger partial charge in [0.25, 0.3) is 0 Å². The van der Waals surface area contributed by atoms with Crippen LogP contribution in [-0.4, -0.2) is 51.8 Å². The number of anilines is 1. The molecule has 0 amide bonds. The molecule has 1 aromatic carbocycles. The van der Waals surface area contributed by atoms with Gasteiger partial charge in [-0.2, -0.15) is 5.10 Å². The molecule has 0 bridgehead atoms. The summed E-state index contributed by atoms with van der Waals surface area (Å²) in [5.74, 6) is 0.793. The number of hydrogen-bond acceptors (Lipinski definition) is 5. The van der Waals surface area contributed by atoms with E-state index in [1.54, 1.807) is 17.2 Å². The van der Waals surface area contributed by atoms with Crippen molar-refractivity contribution in [1.82, 2.24) is 24.6 Å². The largest absolute Gasteiger partial charge is 0.368 e. The third-order valence-corrected chi connectivity index (χ3v) is 4.02. The maximum absolute atomic E-state index is 6.22. The van der Waals surface area contributed by atoms with Crippen molar-refractivity contribution in [3.8, 4) is 5.69 Å². The second-order valence-electron chi connectivity index (χ2n) is 5.68. The quantitative estimate of drug-likeness (QED) is 0.779. The second kappa shape index (κ2) is 6.52. The molecule has 2 aromatic heterocycles. The molecule has 0 aliphatic heterocycles. The van der Waals surface area contributed by atoms with Crippen LogP contribution in [0.15, 0.2) is 30.7 Å². The highest BCUT2D eigenvalue weighted by atomic mass is 35.5. The fourth-order valence-corrected chi connectivity index (χ4v) is 2.46. The van der Waals surface area contributed by atoms with Crippen molar-refractivity contribution >= 4 is 28.5 Å². The molecule has 0 atom stereocenters. The summed E-state index contributed by atoms with van der Waals surface area (Å²) in [6.45, 7) is 3.70. The lowest BCUT2D eigenvalue weighted by Crippen LogP contribution is -2.21. The molecule has 3 rings (SSSR count). The van der Waals surface area contributed by atoms with E-state index < -0.39 is 0 Å². The second-order valence-corrected chi connectivity index (χ2v) is 6.09. The van der Waals surface area contributed by atoms with E-state index in [-0.39, 0.29) is 0 Å². The maximum atomic E-state index is 6.22. The predicted octanol–water partition coefficient (Wildman–Crippen LogP) is 2.75. The first-order valence-corrected chi connectivity index (χ1v) is 7.78. The minimum atomic E-state index is 0.713. The minimum Gasteiger partial charge on any atom is -0.368 e. The first-order chi connectivity index (χ1) is 11.1. The van der Waals surface area contributed by atoms with E-state index in [0.717, 1.165) is 41.2 Å². The number of aromatic nitrogens is 4. The smallest absolute Gasteiger partial charge is 0.168 e. The average molecular weight is 331 g/mol. The summed E-state index contributed by atoms with van der Waals surface area (Å²) >= 11 is 6.22. The van der Waals surface area contributed by atoms with Crippen molar-refractivity contribution < 1.29 is 0 Å². The van der Waals surface area contributed by atoms with E-state index in [4.69, 9.17) is 11.6 Å². The Bertz CT molecular complexity index is 827. The Labute approximate surface area is 140 Å². The van der Waals surface area contributed by atoms with E-state index in [0.29, 0.717) is 5.02 Å². The predicted molar refractivity (Wildman–Crippen MR) is 93.5 cm³/mol. The molecule has 6 nitrogen and oxygen atoms in total. The summed E-state index contributed by atoms with van der Waals surface area (Å²) in [5, 5.41) is 9.38. The summed E-state index contributed by atoms with van der Waals surface area (Å²) in [4.78, 5) is 10.8. The Hall–Kier alpha value is -2.18. The Kier molecular flexibility index (Phi) is 4.45. The van der Waals surface area contributed by atoms with Gasteiger partial charge in [0.05, 0.1) is 17.3 Å². The maximum Gasteiger partial charge on any atom is 0.168 e. The molecule has 0 unspecified atom stereocenters. The number of hydrogen-bond donors (Lipinski definition) is 1. The molecular weight excluding hydrogens is 312 g/mol. The van der Waals surface area contributed by atoms with Gasteiger partial charge in [-0.05, 0) is 38.7 Å². The standard InChI is InChI=1S/C16H19ClN6/c1-11-4-5-12(8-14(11)17)23-16-13(9-21-23)15(19-10-20-16)18-6-7-22(2)3/h4-5,8-10H,6-7H2,1-3H3,(H,18,19,20). The van der Waals surface area contributed by atoms with Gasteiger partial charge in [-0.3, -0.25) is 0 Å². The zero-order chi connectivity index (χ0) is 16.4. The number of benzene rings is 1. The number of aryl methyl sites for hydroxylation is 1. The van der Waals surface area contributed by atoms with E-state index in [9.17, 15) is 0 Å². The van der Waals surface area contributed by atoms with Gasteiger partial charge >= 0.3 is 0 Å². The molecular formula is C16H19ClN6. The highest BCUT2D eigenvalue weighted by Crippen LogP contribution is 2.24. The molecule has 23 heavy (non-hydrogen) atoms. The normalized spacial score (nSPS) is 11.3. The first kappa shape index (κ1) is 15.7. The van der Waals surface area contributed by atoms with Gasteiger partial charge in [-0.1, -0.05) is 17.7 Å². The van der Waals surface area contributed by atoms with Crippen molar-refractivity contribution in [1.29, 1.82) is 0 Å². The zero-order valence-electron chi connectivity index (χ0n) is 13.4. The van der Waals surface area contributed by atoms with Crippen LogP contribution in [0.2, 0.25) is 5.02 Å². The van der Waals surface area contributed by atoms with Crippen LogP contribution in [0.1, 0.15) is 5.56 Å². The Morgan fingerprint density at radius 2 is 2.09 bits per heavy atom. The molecule has 0 fully saturated rings. The molecule has 0 aliphatic carbocycles. The summed E-state index contributed by atoms with van der Waals surface area (Å²) < 4.78 is 1.78.